The number of hydrogen-bond donors (Lipinski definition) is 3. The van der Waals surface area contributed by atoms with Crippen LogP contribution in [0.5, 0.6) is 5.75 Å². The molecule has 5 nitrogen and oxygen atoms in total. The maximum Gasteiger partial charge on any atom is 0.170 e. The predicted octanol–water partition coefficient (Wildman–Crippen LogP) is 3.06. The fourth-order valence-electron chi connectivity index (χ4n) is 1.94. The summed E-state index contributed by atoms with van der Waals surface area (Å²) >= 11 is 6.14. The fraction of sp³-hybridized carbons (Fsp3) is 0.133. The van der Waals surface area contributed by atoms with Crippen molar-refractivity contribution in [1.82, 2.24) is 0 Å². The lowest BCUT2D eigenvalue weighted by molar-refractivity contribution is 0.318. The highest BCUT2D eigenvalue weighted by atomic mass is 35.5. The minimum atomic E-state index is 0.0733. The molecular formula is C15H16ClN3O2. The summed E-state index contributed by atoms with van der Waals surface area (Å²) in [6, 6.07) is 12.8. The van der Waals surface area contributed by atoms with Gasteiger partial charge in [-0.15, -0.1) is 0 Å². The molecule has 0 fully saturated rings. The van der Waals surface area contributed by atoms with Crippen molar-refractivity contribution in [3.63, 3.8) is 0 Å². The molecule has 0 aliphatic rings. The third kappa shape index (κ3) is 3.58. The molecule has 21 heavy (non-hydrogen) atoms. The molecule has 2 aromatic rings. The molecule has 0 bridgehead atoms. The Bertz CT molecular complexity index is 659. The van der Waals surface area contributed by atoms with E-state index in [1.54, 1.807) is 25.3 Å². The third-order valence-electron chi connectivity index (χ3n) is 3.04. The van der Waals surface area contributed by atoms with Crippen LogP contribution in [-0.4, -0.2) is 18.2 Å². The summed E-state index contributed by atoms with van der Waals surface area (Å²) in [6.45, 7) is 0.485. The molecule has 2 aromatic carbocycles. The molecule has 0 radical (unpaired) electrons. The fourth-order valence-corrected chi connectivity index (χ4v) is 2.12. The molecule has 0 unspecified atom stereocenters. The van der Waals surface area contributed by atoms with E-state index in [2.05, 4.69) is 10.5 Å². The number of nitrogens with two attached hydrogens (primary N) is 1. The number of hydrogen-bond acceptors (Lipinski definition) is 4. The highest BCUT2D eigenvalue weighted by Gasteiger charge is 2.07. The third-order valence-corrected chi connectivity index (χ3v) is 3.37. The van der Waals surface area contributed by atoms with E-state index in [1.165, 1.54) is 0 Å². The Morgan fingerprint density at radius 2 is 2.10 bits per heavy atom. The van der Waals surface area contributed by atoms with E-state index in [0.29, 0.717) is 22.9 Å². The molecular weight excluding hydrogens is 290 g/mol. The van der Waals surface area contributed by atoms with Gasteiger partial charge in [-0.3, -0.25) is 0 Å². The largest absolute Gasteiger partial charge is 0.497 e. The maximum absolute atomic E-state index is 8.82. The van der Waals surface area contributed by atoms with Crippen molar-refractivity contribution in [2.24, 2.45) is 10.9 Å². The lowest BCUT2D eigenvalue weighted by Gasteiger charge is -2.12. The summed E-state index contributed by atoms with van der Waals surface area (Å²) in [5.74, 6) is 0.788. The number of rotatable bonds is 5. The Morgan fingerprint density at radius 1 is 1.33 bits per heavy atom. The summed E-state index contributed by atoms with van der Waals surface area (Å²) in [6.07, 6.45) is 0. The van der Waals surface area contributed by atoms with E-state index < -0.39 is 0 Å². The Hall–Kier alpha value is -2.40. The molecule has 110 valence electrons. The molecule has 0 atom stereocenters. The summed E-state index contributed by atoms with van der Waals surface area (Å²) in [5, 5.41) is 15.7. The molecule has 0 aliphatic heterocycles. The van der Waals surface area contributed by atoms with E-state index in [1.807, 2.05) is 24.3 Å². The second-order valence-electron chi connectivity index (χ2n) is 4.34. The van der Waals surface area contributed by atoms with Gasteiger partial charge >= 0.3 is 0 Å². The normalized spacial score (nSPS) is 11.2. The highest BCUT2D eigenvalue weighted by Crippen LogP contribution is 2.27. The Labute approximate surface area is 128 Å². The van der Waals surface area contributed by atoms with Crippen molar-refractivity contribution in [1.29, 1.82) is 0 Å². The van der Waals surface area contributed by atoms with E-state index in [0.717, 1.165) is 11.3 Å². The molecule has 6 heteroatoms. The first kappa shape index (κ1) is 15.0. The molecule has 0 saturated carbocycles. The second-order valence-corrected chi connectivity index (χ2v) is 4.75. The van der Waals surface area contributed by atoms with Gasteiger partial charge in [0, 0.05) is 18.2 Å². The van der Waals surface area contributed by atoms with Crippen LogP contribution in [-0.2, 0) is 6.54 Å². The Balaban J connectivity index is 2.21. The van der Waals surface area contributed by atoms with Crippen molar-refractivity contribution in [2.75, 3.05) is 12.4 Å². The van der Waals surface area contributed by atoms with Crippen molar-refractivity contribution >= 4 is 23.1 Å². The van der Waals surface area contributed by atoms with Gasteiger partial charge in [0.15, 0.2) is 5.84 Å². The lowest BCUT2D eigenvalue weighted by Crippen LogP contribution is -2.16. The van der Waals surface area contributed by atoms with Crippen LogP contribution in [0, 0.1) is 0 Å². The van der Waals surface area contributed by atoms with Gasteiger partial charge in [0.1, 0.15) is 5.75 Å². The first-order valence-electron chi connectivity index (χ1n) is 6.29. The molecule has 0 heterocycles. The zero-order chi connectivity index (χ0) is 15.2. The topological polar surface area (TPSA) is 79.9 Å². The van der Waals surface area contributed by atoms with Crippen molar-refractivity contribution < 1.29 is 9.94 Å². The maximum atomic E-state index is 8.82. The number of oxime groups is 1. The van der Waals surface area contributed by atoms with Crippen LogP contribution in [0.4, 0.5) is 5.69 Å². The van der Waals surface area contributed by atoms with Crippen LogP contribution in [0.25, 0.3) is 0 Å². The number of amidine groups is 1. The molecule has 2 rings (SSSR count). The first-order valence-corrected chi connectivity index (χ1v) is 6.66. The predicted molar refractivity (Wildman–Crippen MR) is 84.3 cm³/mol. The molecule has 0 aromatic heterocycles. The van der Waals surface area contributed by atoms with Gasteiger partial charge in [-0.1, -0.05) is 41.0 Å². The summed E-state index contributed by atoms with van der Waals surface area (Å²) < 4.78 is 5.17. The number of nitrogens with one attached hydrogen (secondary N) is 1. The number of ether oxygens (including phenoxy) is 1. The van der Waals surface area contributed by atoms with E-state index in [-0.39, 0.29) is 5.84 Å². The smallest absolute Gasteiger partial charge is 0.170 e. The van der Waals surface area contributed by atoms with Gasteiger partial charge in [-0.2, -0.15) is 0 Å². The molecule has 0 spiro atoms. The van der Waals surface area contributed by atoms with Crippen LogP contribution in [0.3, 0.4) is 0 Å². The number of halogens is 1. The van der Waals surface area contributed by atoms with Crippen LogP contribution < -0.4 is 15.8 Å². The molecule has 0 amide bonds. The summed E-state index contributed by atoms with van der Waals surface area (Å²) in [4.78, 5) is 0. The SMILES string of the molecule is COc1ccc(Cl)c(NCc2ccccc2C(N)=NO)c1. The first-order chi connectivity index (χ1) is 10.2. The molecule has 0 aliphatic carbocycles. The summed E-state index contributed by atoms with van der Waals surface area (Å²) in [5.41, 5.74) is 7.99. The van der Waals surface area contributed by atoms with E-state index >= 15 is 0 Å². The summed E-state index contributed by atoms with van der Waals surface area (Å²) in [7, 11) is 1.60. The number of anilines is 1. The van der Waals surface area contributed by atoms with Crippen molar-refractivity contribution in [2.45, 2.75) is 6.54 Å². The standard InChI is InChI=1S/C15H16ClN3O2/c1-21-11-6-7-13(16)14(8-11)18-9-10-4-2-3-5-12(10)15(17)19-20/h2-8,18,20H,9H2,1H3,(H2,17,19). The average Bonchev–Trinajstić information content (AvgIpc) is 2.53. The van der Waals surface area contributed by atoms with Crippen molar-refractivity contribution in [3.05, 3.63) is 58.6 Å². The minimum absolute atomic E-state index is 0.0733. The van der Waals surface area contributed by atoms with Gasteiger partial charge in [-0.25, -0.2) is 0 Å². The van der Waals surface area contributed by atoms with Crippen LogP contribution in [0.1, 0.15) is 11.1 Å². The van der Waals surface area contributed by atoms with Crippen molar-refractivity contribution in [3.8, 4) is 5.75 Å². The van der Waals surface area contributed by atoms with Gasteiger partial charge in [0.2, 0.25) is 0 Å². The molecule has 4 N–H and O–H groups in total. The van der Waals surface area contributed by atoms with E-state index in [9.17, 15) is 0 Å². The van der Waals surface area contributed by atoms with Crippen LogP contribution in [0.2, 0.25) is 5.02 Å². The highest BCUT2D eigenvalue weighted by molar-refractivity contribution is 6.33. The van der Waals surface area contributed by atoms with Crippen LogP contribution in [0.15, 0.2) is 47.6 Å². The number of nitrogens with zero attached hydrogens (tertiary/aromatic N) is 1. The minimum Gasteiger partial charge on any atom is -0.497 e. The molecule has 0 saturated heterocycles. The van der Waals surface area contributed by atoms with Gasteiger partial charge in [-0.05, 0) is 17.7 Å². The quantitative estimate of drug-likeness (QED) is 0.343. The van der Waals surface area contributed by atoms with Gasteiger partial charge in [0.25, 0.3) is 0 Å². The second kappa shape index (κ2) is 6.85. The Morgan fingerprint density at radius 3 is 2.81 bits per heavy atom. The number of methoxy groups -OCH3 is 1. The van der Waals surface area contributed by atoms with E-state index in [4.69, 9.17) is 27.3 Å². The van der Waals surface area contributed by atoms with Gasteiger partial charge < -0.3 is 21.0 Å². The average molecular weight is 306 g/mol. The lowest BCUT2D eigenvalue weighted by atomic mass is 10.1. The zero-order valence-electron chi connectivity index (χ0n) is 11.5. The van der Waals surface area contributed by atoms with Crippen LogP contribution >= 0.6 is 11.6 Å². The van der Waals surface area contributed by atoms with Gasteiger partial charge in [0.05, 0.1) is 17.8 Å². The number of benzene rings is 2. The monoisotopic (exact) mass is 305 g/mol. The Kier molecular flexibility index (Phi) is 4.90. The zero-order valence-corrected chi connectivity index (χ0v) is 12.3.